The van der Waals surface area contributed by atoms with E-state index in [1.165, 1.54) is 0 Å². The second-order valence-electron chi connectivity index (χ2n) is 5.09. The van der Waals surface area contributed by atoms with E-state index in [0.29, 0.717) is 12.1 Å². The lowest BCUT2D eigenvalue weighted by Crippen LogP contribution is -2.11. The van der Waals surface area contributed by atoms with Crippen molar-refractivity contribution in [3.05, 3.63) is 48.2 Å². The Morgan fingerprint density at radius 3 is 2.90 bits per heavy atom. The van der Waals surface area contributed by atoms with E-state index >= 15 is 0 Å². The van der Waals surface area contributed by atoms with Gasteiger partial charge in [-0.25, -0.2) is 9.67 Å². The second-order valence-corrected chi connectivity index (χ2v) is 5.09. The van der Waals surface area contributed by atoms with Gasteiger partial charge in [0.05, 0.1) is 6.54 Å². The number of nitrogens with zero attached hydrogens (tertiary/aromatic N) is 4. The lowest BCUT2D eigenvalue weighted by Gasteiger charge is -2.10. The first-order chi connectivity index (χ1) is 9.69. The first kappa shape index (κ1) is 12.6. The van der Waals surface area contributed by atoms with E-state index in [-0.39, 0.29) is 6.04 Å². The largest absolute Gasteiger partial charge is 0.340 e. The number of hydrogen-bond donors (Lipinski definition) is 0. The van der Waals surface area contributed by atoms with E-state index in [9.17, 15) is 4.79 Å². The molecule has 102 valence electrons. The molecule has 0 aliphatic rings. The summed E-state index contributed by atoms with van der Waals surface area (Å²) in [5.74, 6) is 0.911. The first-order valence-electron chi connectivity index (χ1n) is 6.61. The number of rotatable bonds is 4. The number of benzene rings is 1. The highest BCUT2D eigenvalue weighted by molar-refractivity contribution is 5.87. The molecule has 0 bridgehead atoms. The highest BCUT2D eigenvalue weighted by Gasteiger charge is 2.10. The van der Waals surface area contributed by atoms with Gasteiger partial charge in [-0.1, -0.05) is 12.1 Å². The smallest absolute Gasteiger partial charge is 0.150 e. The van der Waals surface area contributed by atoms with Crippen LogP contribution in [0, 0.1) is 0 Å². The molecule has 3 rings (SSSR count). The van der Waals surface area contributed by atoms with Crippen LogP contribution in [0.25, 0.3) is 10.9 Å². The molecule has 1 aromatic carbocycles. The van der Waals surface area contributed by atoms with Gasteiger partial charge in [0.25, 0.3) is 0 Å². The minimum atomic E-state index is 0.278. The van der Waals surface area contributed by atoms with Crippen LogP contribution >= 0.6 is 0 Å². The molecule has 0 fully saturated rings. The molecule has 3 aromatic rings. The third kappa shape index (κ3) is 2.11. The van der Waals surface area contributed by atoms with E-state index in [1.54, 1.807) is 6.33 Å². The first-order valence-corrected chi connectivity index (χ1v) is 6.61. The molecule has 0 radical (unpaired) electrons. The quantitative estimate of drug-likeness (QED) is 0.683. The molecule has 20 heavy (non-hydrogen) atoms. The minimum absolute atomic E-state index is 0.278. The Bertz CT molecular complexity index is 754. The predicted molar refractivity (Wildman–Crippen MR) is 76.8 cm³/mol. The summed E-state index contributed by atoms with van der Waals surface area (Å²) in [7, 11) is 0. The van der Waals surface area contributed by atoms with Crippen molar-refractivity contribution in [3.63, 3.8) is 0 Å². The molecule has 0 saturated carbocycles. The van der Waals surface area contributed by atoms with Gasteiger partial charge in [0, 0.05) is 23.3 Å². The normalized spacial score (nSPS) is 11.3. The van der Waals surface area contributed by atoms with Gasteiger partial charge < -0.3 is 4.57 Å². The summed E-state index contributed by atoms with van der Waals surface area (Å²) >= 11 is 0. The Hall–Kier alpha value is -2.43. The minimum Gasteiger partial charge on any atom is -0.340 e. The van der Waals surface area contributed by atoms with Crippen molar-refractivity contribution in [2.45, 2.75) is 26.4 Å². The van der Waals surface area contributed by atoms with Gasteiger partial charge >= 0.3 is 0 Å². The van der Waals surface area contributed by atoms with Crippen LogP contribution in [0.2, 0.25) is 0 Å². The molecule has 0 unspecified atom stereocenters. The van der Waals surface area contributed by atoms with Crippen LogP contribution in [0.5, 0.6) is 0 Å². The zero-order valence-corrected chi connectivity index (χ0v) is 11.5. The van der Waals surface area contributed by atoms with E-state index in [1.807, 2.05) is 35.1 Å². The summed E-state index contributed by atoms with van der Waals surface area (Å²) in [6.45, 7) is 4.80. The molecule has 0 amide bonds. The summed E-state index contributed by atoms with van der Waals surface area (Å²) < 4.78 is 4.00. The highest BCUT2D eigenvalue weighted by atomic mass is 16.1. The SMILES string of the molecule is CC(C)n1ncnc1Cn1ccc2ccc(C=O)cc21. The number of carbonyl (C=O) groups is 1. The van der Waals surface area contributed by atoms with E-state index in [0.717, 1.165) is 23.0 Å². The standard InChI is InChI=1S/C15H16N4O/c1-11(2)19-15(16-10-17-19)8-18-6-5-13-4-3-12(9-20)7-14(13)18/h3-7,9-11H,8H2,1-2H3. The fourth-order valence-electron chi connectivity index (χ4n) is 2.38. The Balaban J connectivity index is 2.02. The van der Waals surface area contributed by atoms with Crippen LogP contribution < -0.4 is 0 Å². The maximum atomic E-state index is 10.9. The van der Waals surface area contributed by atoms with Gasteiger partial charge in [-0.15, -0.1) is 0 Å². The zero-order chi connectivity index (χ0) is 14.1. The number of aldehydes is 1. The van der Waals surface area contributed by atoms with Crippen molar-refractivity contribution in [3.8, 4) is 0 Å². The lowest BCUT2D eigenvalue weighted by molar-refractivity contribution is 0.112. The summed E-state index contributed by atoms with van der Waals surface area (Å²) in [6, 6.07) is 8.01. The van der Waals surface area contributed by atoms with Crippen LogP contribution in [0.15, 0.2) is 36.8 Å². The maximum Gasteiger partial charge on any atom is 0.150 e. The van der Waals surface area contributed by atoms with Gasteiger partial charge in [0.1, 0.15) is 18.4 Å². The molecular weight excluding hydrogens is 252 g/mol. The fourth-order valence-corrected chi connectivity index (χ4v) is 2.38. The average molecular weight is 268 g/mol. The van der Waals surface area contributed by atoms with Gasteiger partial charge in [-0.3, -0.25) is 4.79 Å². The van der Waals surface area contributed by atoms with Crippen molar-refractivity contribution in [1.82, 2.24) is 19.3 Å². The Kier molecular flexibility index (Phi) is 3.10. The molecule has 0 saturated heterocycles. The average Bonchev–Trinajstić information content (AvgIpc) is 3.06. The lowest BCUT2D eigenvalue weighted by atomic mass is 10.2. The van der Waals surface area contributed by atoms with Gasteiger partial charge in [0.15, 0.2) is 0 Å². The maximum absolute atomic E-state index is 10.9. The molecular formula is C15H16N4O. The summed E-state index contributed by atoms with van der Waals surface area (Å²) in [5, 5.41) is 5.36. The van der Waals surface area contributed by atoms with E-state index in [4.69, 9.17) is 0 Å². The number of hydrogen-bond acceptors (Lipinski definition) is 3. The van der Waals surface area contributed by atoms with Gasteiger partial charge in [-0.05, 0) is 31.4 Å². The van der Waals surface area contributed by atoms with Crippen LogP contribution in [0.4, 0.5) is 0 Å². The van der Waals surface area contributed by atoms with Gasteiger partial charge in [-0.2, -0.15) is 5.10 Å². The van der Waals surface area contributed by atoms with Gasteiger partial charge in [0.2, 0.25) is 0 Å². The van der Waals surface area contributed by atoms with E-state index < -0.39 is 0 Å². The number of fused-ring (bicyclic) bond motifs is 1. The van der Waals surface area contributed by atoms with E-state index in [2.05, 4.69) is 28.5 Å². The molecule has 0 atom stereocenters. The third-order valence-corrected chi connectivity index (χ3v) is 3.38. The Labute approximate surface area is 116 Å². The van der Waals surface area contributed by atoms with Crippen LogP contribution in [-0.4, -0.2) is 25.6 Å². The molecule has 0 aliphatic carbocycles. The van der Waals surface area contributed by atoms with Crippen molar-refractivity contribution in [2.24, 2.45) is 0 Å². The molecule has 0 spiro atoms. The molecule has 2 heterocycles. The fraction of sp³-hybridized carbons (Fsp3) is 0.267. The molecule has 0 aliphatic heterocycles. The molecule has 2 aromatic heterocycles. The van der Waals surface area contributed by atoms with Crippen LogP contribution in [-0.2, 0) is 6.54 Å². The van der Waals surface area contributed by atoms with Crippen molar-refractivity contribution in [2.75, 3.05) is 0 Å². The third-order valence-electron chi connectivity index (χ3n) is 3.38. The number of carbonyl (C=O) groups excluding carboxylic acids is 1. The Morgan fingerprint density at radius 2 is 2.15 bits per heavy atom. The van der Waals surface area contributed by atoms with Crippen molar-refractivity contribution < 1.29 is 4.79 Å². The van der Waals surface area contributed by atoms with Crippen LogP contribution in [0.1, 0.15) is 36.1 Å². The summed E-state index contributed by atoms with van der Waals surface area (Å²) in [6.07, 6.45) is 4.46. The molecule has 0 N–H and O–H groups in total. The summed E-state index contributed by atoms with van der Waals surface area (Å²) in [5.41, 5.74) is 1.72. The monoisotopic (exact) mass is 268 g/mol. The molecule has 5 nitrogen and oxygen atoms in total. The van der Waals surface area contributed by atoms with Crippen molar-refractivity contribution >= 4 is 17.2 Å². The zero-order valence-electron chi connectivity index (χ0n) is 11.5. The Morgan fingerprint density at radius 1 is 1.30 bits per heavy atom. The molecule has 5 heteroatoms. The summed E-state index contributed by atoms with van der Waals surface area (Å²) in [4.78, 5) is 15.2. The topological polar surface area (TPSA) is 52.7 Å². The van der Waals surface area contributed by atoms with Crippen molar-refractivity contribution in [1.29, 1.82) is 0 Å². The highest BCUT2D eigenvalue weighted by Crippen LogP contribution is 2.18. The van der Waals surface area contributed by atoms with Crippen LogP contribution in [0.3, 0.4) is 0 Å². The predicted octanol–water partition coefficient (Wildman–Crippen LogP) is 2.67. The number of aromatic nitrogens is 4. The second kappa shape index (κ2) is 4.92.